The van der Waals surface area contributed by atoms with Gasteiger partial charge in [0, 0.05) is 10.7 Å². The molecule has 2 aromatic carbocycles. The van der Waals surface area contributed by atoms with Crippen LogP contribution in [0, 0.1) is 0 Å². The highest BCUT2D eigenvalue weighted by molar-refractivity contribution is 6.30. The molecule has 1 saturated heterocycles. The molecule has 0 bridgehead atoms. The summed E-state index contributed by atoms with van der Waals surface area (Å²) in [6, 6.07) is 16.3. The molecule has 3 heterocycles. The Bertz CT molecular complexity index is 1070. The van der Waals surface area contributed by atoms with E-state index in [1.807, 2.05) is 41.0 Å². The molecule has 0 aliphatic carbocycles. The summed E-state index contributed by atoms with van der Waals surface area (Å²) in [4.78, 5) is 19.4. The summed E-state index contributed by atoms with van der Waals surface area (Å²) in [6.45, 7) is 5.94. The molecule has 0 saturated carbocycles. The largest absolute Gasteiger partial charge is 0.441 e. The molecule has 1 fully saturated rings. The van der Waals surface area contributed by atoms with E-state index in [1.165, 1.54) is 5.69 Å². The molecule has 2 aliphatic heterocycles. The third-order valence-electron chi connectivity index (χ3n) is 5.86. The number of nitrogens with zero attached hydrogens (tertiary/aromatic N) is 2. The minimum atomic E-state index is -0.0375. The van der Waals surface area contributed by atoms with Gasteiger partial charge < -0.3 is 9.80 Å². The van der Waals surface area contributed by atoms with E-state index in [0.29, 0.717) is 0 Å². The summed E-state index contributed by atoms with van der Waals surface area (Å²) in [5.41, 5.74) is 2.05. The van der Waals surface area contributed by atoms with Gasteiger partial charge in [0.15, 0.2) is 6.04 Å². The SMILES string of the molecule is O=c1[nH]c2ccccc2c2[n+]1C[C@H](C[NH+]1CCN(c3cccc(Cl)c3)CC1)N2. The number of quaternary nitrogens is 1. The molecule has 3 aromatic rings. The number of anilines is 2. The van der Waals surface area contributed by atoms with E-state index in [1.54, 1.807) is 4.90 Å². The van der Waals surface area contributed by atoms with Crippen molar-refractivity contribution in [3.8, 4) is 0 Å². The van der Waals surface area contributed by atoms with Gasteiger partial charge in [0.2, 0.25) is 5.82 Å². The number of aromatic amines is 1. The number of para-hydroxylation sites is 1. The van der Waals surface area contributed by atoms with E-state index in [4.69, 9.17) is 11.6 Å². The van der Waals surface area contributed by atoms with E-state index in [9.17, 15) is 4.79 Å². The van der Waals surface area contributed by atoms with E-state index >= 15 is 0 Å². The first-order chi connectivity index (χ1) is 13.7. The standard InChI is InChI=1S/C21H22ClN5O/c22-15-4-3-5-17(12-15)26-10-8-25(9-11-26)13-16-14-27-20(23-16)18-6-1-2-7-19(18)24-21(27)28/h1-7,12,16H,8-11,13-14H2,(H,23,24,28)/p+2/t16-/m0/s1. The highest BCUT2D eigenvalue weighted by Crippen LogP contribution is 2.21. The Kier molecular flexibility index (Phi) is 4.45. The third-order valence-corrected chi connectivity index (χ3v) is 6.10. The van der Waals surface area contributed by atoms with Crippen molar-refractivity contribution in [3.05, 3.63) is 64.0 Å². The van der Waals surface area contributed by atoms with Gasteiger partial charge in [0.25, 0.3) is 0 Å². The van der Waals surface area contributed by atoms with Crippen LogP contribution in [0.1, 0.15) is 0 Å². The van der Waals surface area contributed by atoms with Crippen molar-refractivity contribution in [1.29, 1.82) is 0 Å². The maximum Gasteiger partial charge on any atom is 0.441 e. The van der Waals surface area contributed by atoms with Crippen molar-refractivity contribution in [3.63, 3.8) is 0 Å². The molecule has 0 radical (unpaired) electrons. The fourth-order valence-electron chi connectivity index (χ4n) is 4.44. The number of aromatic nitrogens is 2. The molecule has 0 amide bonds. The summed E-state index contributed by atoms with van der Waals surface area (Å²) >= 11 is 6.13. The highest BCUT2D eigenvalue weighted by atomic mass is 35.5. The van der Waals surface area contributed by atoms with Crippen molar-refractivity contribution in [2.45, 2.75) is 12.6 Å². The van der Waals surface area contributed by atoms with Gasteiger partial charge in [-0.2, -0.15) is 4.57 Å². The molecular weight excluding hydrogens is 374 g/mol. The first-order valence-corrected chi connectivity index (χ1v) is 10.2. The average molecular weight is 398 g/mol. The topological polar surface area (TPSA) is 56.5 Å². The zero-order valence-corrected chi connectivity index (χ0v) is 16.4. The van der Waals surface area contributed by atoms with Crippen LogP contribution >= 0.6 is 11.6 Å². The number of hydrogen-bond donors (Lipinski definition) is 3. The van der Waals surface area contributed by atoms with Crippen molar-refractivity contribution < 1.29 is 9.47 Å². The summed E-state index contributed by atoms with van der Waals surface area (Å²) in [5, 5.41) is 5.47. The van der Waals surface area contributed by atoms with Gasteiger partial charge in [-0.3, -0.25) is 5.32 Å². The van der Waals surface area contributed by atoms with Gasteiger partial charge in [-0.15, -0.1) is 0 Å². The Hall–Kier alpha value is -2.57. The van der Waals surface area contributed by atoms with E-state index < -0.39 is 0 Å². The minimum absolute atomic E-state index is 0.0375. The van der Waals surface area contributed by atoms with Crippen LogP contribution in [0.2, 0.25) is 5.02 Å². The zero-order valence-electron chi connectivity index (χ0n) is 15.6. The Labute approximate surface area is 168 Å². The van der Waals surface area contributed by atoms with Gasteiger partial charge in [0.1, 0.15) is 18.6 Å². The monoisotopic (exact) mass is 397 g/mol. The van der Waals surface area contributed by atoms with Gasteiger partial charge in [0.05, 0.1) is 31.6 Å². The fraction of sp³-hybridized carbons (Fsp3) is 0.333. The zero-order chi connectivity index (χ0) is 19.1. The molecular formula is C21H24ClN5O+2. The molecule has 0 spiro atoms. The lowest BCUT2D eigenvalue weighted by molar-refractivity contribution is -0.902. The van der Waals surface area contributed by atoms with E-state index in [2.05, 4.69) is 27.3 Å². The smallest absolute Gasteiger partial charge is 0.360 e. The van der Waals surface area contributed by atoms with Crippen LogP contribution in [0.25, 0.3) is 10.9 Å². The second-order valence-corrected chi connectivity index (χ2v) is 8.13. The van der Waals surface area contributed by atoms with E-state index in [-0.39, 0.29) is 11.7 Å². The first-order valence-electron chi connectivity index (χ1n) is 9.83. The maximum absolute atomic E-state index is 12.4. The van der Waals surface area contributed by atoms with Crippen LogP contribution in [0.4, 0.5) is 11.5 Å². The predicted molar refractivity (Wildman–Crippen MR) is 111 cm³/mol. The third kappa shape index (κ3) is 3.23. The van der Waals surface area contributed by atoms with E-state index in [0.717, 1.165) is 61.0 Å². The number of fused-ring (bicyclic) bond motifs is 3. The highest BCUT2D eigenvalue weighted by Gasteiger charge is 2.34. The van der Waals surface area contributed by atoms with Gasteiger partial charge >= 0.3 is 5.69 Å². The lowest BCUT2D eigenvalue weighted by Crippen LogP contribution is -3.16. The maximum atomic E-state index is 12.4. The molecule has 1 aromatic heterocycles. The normalized spacial score (nSPS) is 19.6. The summed E-state index contributed by atoms with van der Waals surface area (Å²) in [6.07, 6.45) is 0. The van der Waals surface area contributed by atoms with Crippen molar-refractivity contribution in [1.82, 2.24) is 4.98 Å². The second kappa shape index (κ2) is 7.11. The van der Waals surface area contributed by atoms with Crippen LogP contribution in [0.3, 0.4) is 0 Å². The number of nitrogens with one attached hydrogen (secondary N) is 3. The number of rotatable bonds is 3. The Morgan fingerprint density at radius 3 is 2.79 bits per heavy atom. The quantitative estimate of drug-likeness (QED) is 0.569. The molecule has 6 nitrogen and oxygen atoms in total. The Morgan fingerprint density at radius 2 is 1.96 bits per heavy atom. The predicted octanol–water partition coefficient (Wildman–Crippen LogP) is 0.668. The van der Waals surface area contributed by atoms with Crippen molar-refractivity contribution in [2.75, 3.05) is 42.9 Å². The fourth-order valence-corrected chi connectivity index (χ4v) is 4.62. The van der Waals surface area contributed by atoms with Crippen molar-refractivity contribution in [2.24, 2.45) is 0 Å². The van der Waals surface area contributed by atoms with Crippen LogP contribution in [-0.2, 0) is 6.54 Å². The summed E-state index contributed by atoms with van der Waals surface area (Å²) < 4.78 is 1.84. The summed E-state index contributed by atoms with van der Waals surface area (Å²) in [7, 11) is 0. The van der Waals surface area contributed by atoms with Crippen LogP contribution in [0.15, 0.2) is 53.3 Å². The molecule has 7 heteroatoms. The number of benzene rings is 2. The second-order valence-electron chi connectivity index (χ2n) is 7.70. The summed E-state index contributed by atoms with van der Waals surface area (Å²) in [5.74, 6) is 0.946. The molecule has 5 rings (SSSR count). The molecule has 0 unspecified atom stereocenters. The lowest BCUT2D eigenvalue weighted by Gasteiger charge is -2.34. The number of piperazine rings is 1. The molecule has 144 valence electrons. The van der Waals surface area contributed by atoms with Crippen LogP contribution < -0.4 is 25.4 Å². The molecule has 1 atom stereocenters. The van der Waals surface area contributed by atoms with Crippen LogP contribution in [-0.4, -0.2) is 43.7 Å². The Morgan fingerprint density at radius 1 is 1.14 bits per heavy atom. The molecule has 2 aliphatic rings. The van der Waals surface area contributed by atoms with Crippen LogP contribution in [0.5, 0.6) is 0 Å². The minimum Gasteiger partial charge on any atom is -0.360 e. The van der Waals surface area contributed by atoms with Crippen molar-refractivity contribution >= 4 is 34.0 Å². The number of H-pyrrole nitrogens is 1. The van der Waals surface area contributed by atoms with Gasteiger partial charge in [-0.1, -0.05) is 29.8 Å². The molecule has 3 N–H and O–H groups in total. The average Bonchev–Trinajstić information content (AvgIpc) is 3.13. The van der Waals surface area contributed by atoms with Gasteiger partial charge in [-0.25, -0.2) is 9.78 Å². The lowest BCUT2D eigenvalue weighted by atomic mass is 10.2. The van der Waals surface area contributed by atoms with Gasteiger partial charge in [-0.05, 0) is 30.3 Å². The number of halogens is 1. The Balaban J connectivity index is 1.25. The number of hydrogen-bond acceptors (Lipinski definition) is 3. The molecule has 28 heavy (non-hydrogen) atoms. The first kappa shape index (κ1) is 17.5.